The fourth-order valence-corrected chi connectivity index (χ4v) is 3.65. The van der Waals surface area contributed by atoms with Gasteiger partial charge in [0.15, 0.2) is 0 Å². The summed E-state index contributed by atoms with van der Waals surface area (Å²) in [6, 6.07) is 23.2. The van der Waals surface area contributed by atoms with Crippen LogP contribution >= 0.6 is 0 Å². The van der Waals surface area contributed by atoms with Crippen LogP contribution in [0.3, 0.4) is 0 Å². The van der Waals surface area contributed by atoms with Crippen LogP contribution in [0.15, 0.2) is 72.8 Å². The molecule has 0 saturated carbocycles. The van der Waals surface area contributed by atoms with Crippen LogP contribution < -0.4 is 14.8 Å². The van der Waals surface area contributed by atoms with Crippen molar-refractivity contribution >= 4 is 16.9 Å². The summed E-state index contributed by atoms with van der Waals surface area (Å²) in [5, 5.41) is 2.98. The Labute approximate surface area is 181 Å². The number of hydrogen-bond acceptors (Lipinski definition) is 4. The van der Waals surface area contributed by atoms with Gasteiger partial charge in [0.1, 0.15) is 17.3 Å². The summed E-state index contributed by atoms with van der Waals surface area (Å²) in [6.45, 7) is 1.12. The van der Waals surface area contributed by atoms with E-state index < -0.39 is 0 Å². The van der Waals surface area contributed by atoms with Gasteiger partial charge in [-0.1, -0.05) is 36.4 Å². The largest absolute Gasteiger partial charge is 0.497 e. The lowest BCUT2D eigenvalue weighted by Crippen LogP contribution is -2.26. The molecular weight excluding hydrogens is 390 g/mol. The molecule has 6 nitrogen and oxygen atoms in total. The summed E-state index contributed by atoms with van der Waals surface area (Å²) in [7, 11) is 3.27. The fraction of sp³-hybridized carbons (Fsp3) is 0.200. The predicted octanol–water partition coefficient (Wildman–Crippen LogP) is 4.07. The molecule has 0 spiro atoms. The molecule has 0 atom stereocenters. The zero-order valence-corrected chi connectivity index (χ0v) is 17.7. The minimum atomic E-state index is -0.133. The van der Waals surface area contributed by atoms with Gasteiger partial charge in [-0.2, -0.15) is 0 Å². The van der Waals surface area contributed by atoms with Crippen LogP contribution in [0, 0.1) is 0 Å². The lowest BCUT2D eigenvalue weighted by atomic mass is 10.2. The monoisotopic (exact) mass is 415 g/mol. The Morgan fingerprint density at radius 1 is 0.968 bits per heavy atom. The predicted molar refractivity (Wildman–Crippen MR) is 121 cm³/mol. The zero-order chi connectivity index (χ0) is 21.6. The summed E-state index contributed by atoms with van der Waals surface area (Å²) >= 11 is 0. The van der Waals surface area contributed by atoms with Gasteiger partial charge in [0.2, 0.25) is 0 Å². The molecule has 158 valence electrons. The normalized spacial score (nSPS) is 10.8. The Balaban J connectivity index is 1.53. The summed E-state index contributed by atoms with van der Waals surface area (Å²) < 4.78 is 12.9. The molecule has 0 aliphatic carbocycles. The van der Waals surface area contributed by atoms with Crippen molar-refractivity contribution in [2.75, 3.05) is 20.8 Å². The number of carbonyl (C=O) groups is 1. The molecule has 0 aliphatic heterocycles. The van der Waals surface area contributed by atoms with Gasteiger partial charge in [-0.15, -0.1) is 0 Å². The van der Waals surface area contributed by atoms with Crippen molar-refractivity contribution in [2.24, 2.45) is 0 Å². The fourth-order valence-electron chi connectivity index (χ4n) is 3.65. The van der Waals surface area contributed by atoms with E-state index in [0.717, 1.165) is 28.2 Å². The third-order valence-electron chi connectivity index (χ3n) is 5.22. The number of para-hydroxylation sites is 3. The van der Waals surface area contributed by atoms with Gasteiger partial charge in [0.25, 0.3) is 5.91 Å². The minimum Gasteiger partial charge on any atom is -0.497 e. The molecular formula is C25H25N3O3. The number of amides is 1. The van der Waals surface area contributed by atoms with E-state index in [1.54, 1.807) is 32.4 Å². The number of nitrogens with zero attached hydrogens (tertiary/aromatic N) is 2. The molecule has 0 unspecified atom stereocenters. The van der Waals surface area contributed by atoms with Gasteiger partial charge in [-0.25, -0.2) is 4.98 Å². The maximum absolute atomic E-state index is 12.5. The molecule has 3 aromatic carbocycles. The van der Waals surface area contributed by atoms with Gasteiger partial charge >= 0.3 is 0 Å². The highest BCUT2D eigenvalue weighted by Crippen LogP contribution is 2.23. The first kappa shape index (κ1) is 20.5. The van der Waals surface area contributed by atoms with Crippen molar-refractivity contribution < 1.29 is 14.3 Å². The van der Waals surface area contributed by atoms with Crippen LogP contribution in [0.2, 0.25) is 0 Å². The Kier molecular flexibility index (Phi) is 6.17. The highest BCUT2D eigenvalue weighted by atomic mass is 16.5. The van der Waals surface area contributed by atoms with Crippen molar-refractivity contribution in [3.63, 3.8) is 0 Å². The maximum Gasteiger partial charge on any atom is 0.251 e. The topological polar surface area (TPSA) is 65.4 Å². The smallest absolute Gasteiger partial charge is 0.251 e. The summed E-state index contributed by atoms with van der Waals surface area (Å²) in [5.41, 5.74) is 3.64. The third kappa shape index (κ3) is 4.53. The van der Waals surface area contributed by atoms with Crippen LogP contribution in [0.5, 0.6) is 11.5 Å². The Morgan fingerprint density at radius 2 is 1.77 bits per heavy atom. The number of ether oxygens (including phenoxy) is 2. The standard InChI is InChI=1S/C25H25N3O3/c1-30-20-10-7-9-18(16-20)25(29)26-15-14-24-27-21-11-4-5-12-22(21)28(24)17-19-8-3-6-13-23(19)31-2/h3-13,16H,14-15,17H2,1-2H3,(H,26,29). The number of benzene rings is 3. The van der Waals surface area contributed by atoms with Crippen LogP contribution in [0.1, 0.15) is 21.7 Å². The highest BCUT2D eigenvalue weighted by molar-refractivity contribution is 5.94. The molecule has 0 fully saturated rings. The first-order valence-electron chi connectivity index (χ1n) is 10.2. The van der Waals surface area contributed by atoms with E-state index in [9.17, 15) is 4.79 Å². The number of rotatable bonds is 8. The van der Waals surface area contributed by atoms with Crippen molar-refractivity contribution in [3.05, 3.63) is 89.7 Å². The van der Waals surface area contributed by atoms with E-state index in [0.29, 0.717) is 30.8 Å². The van der Waals surface area contributed by atoms with Crippen molar-refractivity contribution in [2.45, 2.75) is 13.0 Å². The first-order valence-corrected chi connectivity index (χ1v) is 10.2. The zero-order valence-electron chi connectivity index (χ0n) is 17.7. The summed E-state index contributed by atoms with van der Waals surface area (Å²) in [6.07, 6.45) is 0.611. The number of fused-ring (bicyclic) bond motifs is 1. The first-order chi connectivity index (χ1) is 15.2. The number of nitrogens with one attached hydrogen (secondary N) is 1. The van der Waals surface area contributed by atoms with Crippen molar-refractivity contribution in [1.82, 2.24) is 14.9 Å². The van der Waals surface area contributed by atoms with Gasteiger partial charge in [0.05, 0.1) is 31.8 Å². The number of aromatic nitrogens is 2. The van der Waals surface area contributed by atoms with E-state index in [-0.39, 0.29) is 5.91 Å². The van der Waals surface area contributed by atoms with Crippen molar-refractivity contribution in [1.29, 1.82) is 0 Å². The molecule has 6 heteroatoms. The molecule has 0 aliphatic rings. The SMILES string of the molecule is COc1cccc(C(=O)NCCc2nc3ccccc3n2Cc2ccccc2OC)c1. The highest BCUT2D eigenvalue weighted by Gasteiger charge is 2.14. The lowest BCUT2D eigenvalue weighted by molar-refractivity contribution is 0.0953. The molecule has 0 bridgehead atoms. The van der Waals surface area contributed by atoms with Crippen molar-refractivity contribution in [3.8, 4) is 11.5 Å². The molecule has 0 saturated heterocycles. The van der Waals surface area contributed by atoms with Gasteiger partial charge in [-0.3, -0.25) is 4.79 Å². The number of hydrogen-bond donors (Lipinski definition) is 1. The average Bonchev–Trinajstić information content (AvgIpc) is 3.16. The number of methoxy groups -OCH3 is 2. The molecule has 1 N–H and O–H groups in total. The lowest BCUT2D eigenvalue weighted by Gasteiger charge is -2.13. The maximum atomic E-state index is 12.5. The molecule has 1 amide bonds. The second-order valence-corrected chi connectivity index (χ2v) is 7.15. The third-order valence-corrected chi connectivity index (χ3v) is 5.22. The van der Waals surface area contributed by atoms with E-state index in [2.05, 4.69) is 22.0 Å². The quantitative estimate of drug-likeness (QED) is 0.471. The molecule has 31 heavy (non-hydrogen) atoms. The molecule has 0 radical (unpaired) electrons. The Bertz CT molecular complexity index is 1200. The van der Waals surface area contributed by atoms with Gasteiger partial charge in [0, 0.05) is 24.1 Å². The van der Waals surface area contributed by atoms with Gasteiger partial charge < -0.3 is 19.4 Å². The molecule has 1 aromatic heterocycles. The molecule has 4 aromatic rings. The minimum absolute atomic E-state index is 0.133. The van der Waals surface area contributed by atoms with Gasteiger partial charge in [-0.05, 0) is 36.4 Å². The summed E-state index contributed by atoms with van der Waals surface area (Å²) in [4.78, 5) is 17.3. The number of imidazole rings is 1. The van der Waals surface area contributed by atoms with Crippen LogP contribution in [-0.4, -0.2) is 36.2 Å². The van der Waals surface area contributed by atoms with E-state index in [1.165, 1.54) is 0 Å². The molecule has 4 rings (SSSR count). The van der Waals surface area contributed by atoms with E-state index >= 15 is 0 Å². The average molecular weight is 415 g/mol. The van der Waals surface area contributed by atoms with Crippen LogP contribution in [0.4, 0.5) is 0 Å². The second-order valence-electron chi connectivity index (χ2n) is 7.15. The molecule has 1 heterocycles. The van der Waals surface area contributed by atoms with E-state index in [1.807, 2.05) is 42.5 Å². The summed E-state index contributed by atoms with van der Waals surface area (Å²) in [5.74, 6) is 2.29. The van der Waals surface area contributed by atoms with E-state index in [4.69, 9.17) is 14.5 Å². The number of carbonyl (C=O) groups excluding carboxylic acids is 1. The second kappa shape index (κ2) is 9.34. The Hall–Kier alpha value is -3.80. The van der Waals surface area contributed by atoms with Crippen LogP contribution in [-0.2, 0) is 13.0 Å². The Morgan fingerprint density at radius 3 is 2.61 bits per heavy atom. The van der Waals surface area contributed by atoms with Crippen LogP contribution in [0.25, 0.3) is 11.0 Å².